The van der Waals surface area contributed by atoms with Crippen molar-refractivity contribution < 1.29 is 9.53 Å². The van der Waals surface area contributed by atoms with Crippen LogP contribution < -0.4 is 4.74 Å². The molecule has 0 radical (unpaired) electrons. The maximum absolute atomic E-state index is 11.8. The van der Waals surface area contributed by atoms with E-state index in [-0.39, 0.29) is 5.78 Å². The molecule has 0 saturated heterocycles. The largest absolute Gasteiger partial charge is 0.497 e. The van der Waals surface area contributed by atoms with Gasteiger partial charge >= 0.3 is 0 Å². The van der Waals surface area contributed by atoms with E-state index in [0.29, 0.717) is 11.1 Å². The van der Waals surface area contributed by atoms with Gasteiger partial charge in [-0.25, -0.2) is 0 Å². The number of rotatable bonds is 4. The third-order valence-electron chi connectivity index (χ3n) is 2.94. The Balaban J connectivity index is 2.32. The monoisotopic (exact) mass is 252 g/mol. The highest BCUT2D eigenvalue weighted by Crippen LogP contribution is 2.24. The van der Waals surface area contributed by atoms with Crippen LogP contribution >= 0.6 is 0 Å². The lowest BCUT2D eigenvalue weighted by molar-refractivity contribution is 0.103. The van der Waals surface area contributed by atoms with Crippen molar-refractivity contribution in [2.45, 2.75) is 6.92 Å². The van der Waals surface area contributed by atoms with Crippen molar-refractivity contribution >= 4 is 5.78 Å². The molecule has 0 spiro atoms. The van der Waals surface area contributed by atoms with Gasteiger partial charge in [-0.2, -0.15) is 0 Å². The number of carbonyl (C=O) groups excluding carboxylic acids is 1. The molecule has 19 heavy (non-hydrogen) atoms. The van der Waals surface area contributed by atoms with Gasteiger partial charge in [0, 0.05) is 5.56 Å². The minimum atomic E-state index is -0.0165. The van der Waals surface area contributed by atoms with Gasteiger partial charge in [0.15, 0.2) is 5.78 Å². The van der Waals surface area contributed by atoms with Crippen LogP contribution in [0.1, 0.15) is 17.3 Å². The zero-order valence-corrected chi connectivity index (χ0v) is 11.1. The standard InChI is InChI=1S/C17H16O2/c1-12(2)17(18)14-9-7-13(8-10-14)15-5-4-6-16(11-15)19-3/h4-11H,1H2,2-3H3. The number of hydrogen-bond donors (Lipinski definition) is 0. The average molecular weight is 252 g/mol. The summed E-state index contributed by atoms with van der Waals surface area (Å²) < 4.78 is 5.20. The summed E-state index contributed by atoms with van der Waals surface area (Å²) >= 11 is 0. The van der Waals surface area contributed by atoms with Gasteiger partial charge in [-0.05, 0) is 35.8 Å². The van der Waals surface area contributed by atoms with E-state index in [1.807, 2.05) is 48.5 Å². The molecule has 0 aliphatic heterocycles. The maximum atomic E-state index is 11.8. The predicted molar refractivity (Wildman–Crippen MR) is 77.6 cm³/mol. The molecule has 2 heteroatoms. The summed E-state index contributed by atoms with van der Waals surface area (Å²) in [6, 6.07) is 15.4. The van der Waals surface area contributed by atoms with E-state index >= 15 is 0 Å². The Labute approximate surface area is 113 Å². The third kappa shape index (κ3) is 2.91. The summed E-state index contributed by atoms with van der Waals surface area (Å²) in [6.45, 7) is 5.39. The van der Waals surface area contributed by atoms with Crippen LogP contribution in [-0.4, -0.2) is 12.9 Å². The second-order valence-corrected chi connectivity index (χ2v) is 4.42. The number of methoxy groups -OCH3 is 1. The van der Waals surface area contributed by atoms with Crippen LogP contribution in [0.25, 0.3) is 11.1 Å². The maximum Gasteiger partial charge on any atom is 0.188 e. The zero-order valence-electron chi connectivity index (χ0n) is 11.1. The van der Waals surface area contributed by atoms with Gasteiger partial charge in [-0.3, -0.25) is 4.79 Å². The molecule has 0 fully saturated rings. The second-order valence-electron chi connectivity index (χ2n) is 4.42. The van der Waals surface area contributed by atoms with E-state index in [1.54, 1.807) is 14.0 Å². The molecule has 0 amide bonds. The molecule has 0 aliphatic carbocycles. The van der Waals surface area contributed by atoms with Gasteiger partial charge in [0.05, 0.1) is 7.11 Å². The van der Waals surface area contributed by atoms with E-state index in [9.17, 15) is 4.79 Å². The quantitative estimate of drug-likeness (QED) is 0.604. The Morgan fingerprint density at radius 3 is 2.32 bits per heavy atom. The lowest BCUT2D eigenvalue weighted by Gasteiger charge is -2.06. The number of carbonyl (C=O) groups is 1. The van der Waals surface area contributed by atoms with Crippen LogP contribution in [0.15, 0.2) is 60.7 Å². The van der Waals surface area contributed by atoms with Crippen molar-refractivity contribution in [1.29, 1.82) is 0 Å². The van der Waals surface area contributed by atoms with Gasteiger partial charge in [0.1, 0.15) is 5.75 Å². The first-order valence-corrected chi connectivity index (χ1v) is 6.06. The Kier molecular flexibility index (Phi) is 3.81. The van der Waals surface area contributed by atoms with Crippen LogP contribution in [0.4, 0.5) is 0 Å². The normalized spacial score (nSPS) is 10.0. The number of benzene rings is 2. The van der Waals surface area contributed by atoms with E-state index in [2.05, 4.69) is 6.58 Å². The smallest absolute Gasteiger partial charge is 0.188 e. The Morgan fingerprint density at radius 1 is 1.05 bits per heavy atom. The average Bonchev–Trinajstić information content (AvgIpc) is 2.46. The summed E-state index contributed by atoms with van der Waals surface area (Å²) in [6.07, 6.45) is 0. The predicted octanol–water partition coefficient (Wildman–Crippen LogP) is 4.12. The number of ketones is 1. The first-order chi connectivity index (χ1) is 9.11. The van der Waals surface area contributed by atoms with Gasteiger partial charge in [0.2, 0.25) is 0 Å². The molecule has 0 N–H and O–H groups in total. The van der Waals surface area contributed by atoms with E-state index in [0.717, 1.165) is 16.9 Å². The van der Waals surface area contributed by atoms with Crippen LogP contribution in [-0.2, 0) is 0 Å². The number of allylic oxidation sites excluding steroid dienone is 1. The third-order valence-corrected chi connectivity index (χ3v) is 2.94. The molecule has 0 aliphatic rings. The Hall–Kier alpha value is -2.35. The highest BCUT2D eigenvalue weighted by Gasteiger charge is 2.06. The Bertz CT molecular complexity index is 609. The van der Waals surface area contributed by atoms with Gasteiger partial charge in [0.25, 0.3) is 0 Å². The van der Waals surface area contributed by atoms with Crippen LogP contribution in [0.5, 0.6) is 5.75 Å². The van der Waals surface area contributed by atoms with Crippen molar-refractivity contribution in [2.75, 3.05) is 7.11 Å². The number of Topliss-reactive ketones (excluding diaryl/α,β-unsaturated/α-hetero) is 1. The summed E-state index contributed by atoms with van der Waals surface area (Å²) in [7, 11) is 1.65. The first kappa shape index (κ1) is 13.1. The highest BCUT2D eigenvalue weighted by molar-refractivity contribution is 6.08. The fourth-order valence-electron chi connectivity index (χ4n) is 1.86. The SMILES string of the molecule is C=C(C)C(=O)c1ccc(-c2cccc(OC)c2)cc1. The molecule has 2 rings (SSSR count). The van der Waals surface area contributed by atoms with E-state index in [1.165, 1.54) is 0 Å². The summed E-state index contributed by atoms with van der Waals surface area (Å²) in [5, 5.41) is 0. The lowest BCUT2D eigenvalue weighted by Crippen LogP contribution is -1.98. The molecule has 0 heterocycles. The molecule has 0 atom stereocenters. The highest BCUT2D eigenvalue weighted by atomic mass is 16.5. The van der Waals surface area contributed by atoms with Crippen molar-refractivity contribution in [3.63, 3.8) is 0 Å². The Morgan fingerprint density at radius 2 is 1.74 bits per heavy atom. The van der Waals surface area contributed by atoms with Crippen molar-refractivity contribution in [3.8, 4) is 16.9 Å². The fraction of sp³-hybridized carbons (Fsp3) is 0.118. The summed E-state index contributed by atoms with van der Waals surface area (Å²) in [5.41, 5.74) is 3.33. The number of ether oxygens (including phenoxy) is 1. The molecular weight excluding hydrogens is 236 g/mol. The molecule has 2 nitrogen and oxygen atoms in total. The molecule has 0 bridgehead atoms. The van der Waals surface area contributed by atoms with E-state index < -0.39 is 0 Å². The minimum absolute atomic E-state index is 0.0165. The molecule has 2 aromatic rings. The second kappa shape index (κ2) is 5.53. The molecule has 0 aromatic heterocycles. The van der Waals surface area contributed by atoms with Crippen LogP contribution in [0.3, 0.4) is 0 Å². The topological polar surface area (TPSA) is 26.3 Å². The molecule has 96 valence electrons. The summed E-state index contributed by atoms with van der Waals surface area (Å²) in [5.74, 6) is 0.803. The number of hydrogen-bond acceptors (Lipinski definition) is 2. The van der Waals surface area contributed by atoms with Gasteiger partial charge < -0.3 is 4.74 Å². The molecular formula is C17H16O2. The van der Waals surface area contributed by atoms with Crippen LogP contribution in [0, 0.1) is 0 Å². The zero-order chi connectivity index (χ0) is 13.8. The van der Waals surface area contributed by atoms with Crippen molar-refractivity contribution in [2.24, 2.45) is 0 Å². The van der Waals surface area contributed by atoms with Crippen LogP contribution in [0.2, 0.25) is 0 Å². The molecule has 0 unspecified atom stereocenters. The van der Waals surface area contributed by atoms with Crippen molar-refractivity contribution in [1.82, 2.24) is 0 Å². The van der Waals surface area contributed by atoms with Gasteiger partial charge in [-0.1, -0.05) is 43.0 Å². The van der Waals surface area contributed by atoms with Gasteiger partial charge in [-0.15, -0.1) is 0 Å². The summed E-state index contributed by atoms with van der Waals surface area (Å²) in [4.78, 5) is 11.8. The van der Waals surface area contributed by atoms with E-state index in [4.69, 9.17) is 4.74 Å². The molecule has 2 aromatic carbocycles. The molecule has 0 saturated carbocycles. The first-order valence-electron chi connectivity index (χ1n) is 6.06. The fourth-order valence-corrected chi connectivity index (χ4v) is 1.86. The minimum Gasteiger partial charge on any atom is -0.497 e. The van der Waals surface area contributed by atoms with Crippen molar-refractivity contribution in [3.05, 3.63) is 66.2 Å². The lowest BCUT2D eigenvalue weighted by atomic mass is 10.0.